The summed E-state index contributed by atoms with van der Waals surface area (Å²) in [6.45, 7) is 52.5. The van der Waals surface area contributed by atoms with Crippen molar-refractivity contribution < 1.29 is 29.3 Å². The molecule has 0 saturated carbocycles. The molecule has 0 radical (unpaired) electrons. The zero-order valence-electron chi connectivity index (χ0n) is 74.1. The predicted octanol–water partition coefficient (Wildman–Crippen LogP) is 14.3. The van der Waals surface area contributed by atoms with Crippen LogP contribution in [-0.2, 0) is 58.3 Å². The predicted molar refractivity (Wildman–Crippen MR) is 487 cm³/mol. The highest BCUT2D eigenvalue weighted by molar-refractivity contribution is 5.85. The van der Waals surface area contributed by atoms with Crippen LogP contribution in [0.25, 0.3) is 67.0 Å². The Morgan fingerprint density at radius 1 is 0.364 bits per heavy atom. The van der Waals surface area contributed by atoms with Gasteiger partial charge in [0.1, 0.15) is 83.0 Å². The first-order valence-electron chi connectivity index (χ1n) is 41.3. The van der Waals surface area contributed by atoms with Gasteiger partial charge in [-0.15, -0.1) is 32.9 Å². The molecule has 662 valence electrons. The Bertz CT molecular complexity index is 4650. The molecule has 0 fully saturated rings. The summed E-state index contributed by atoms with van der Waals surface area (Å²) in [5.74, 6) is 3.71. The Kier molecular flexibility index (Phi) is 52.5. The quantitative estimate of drug-likeness (QED) is 0.0143. The molecule has 121 heavy (non-hydrogen) atoms. The van der Waals surface area contributed by atoms with Crippen LogP contribution in [0.2, 0.25) is 0 Å². The van der Waals surface area contributed by atoms with E-state index < -0.39 is 6.10 Å². The summed E-state index contributed by atoms with van der Waals surface area (Å²) in [7, 11) is 0. The zero-order valence-corrected chi connectivity index (χ0v) is 74.1. The summed E-state index contributed by atoms with van der Waals surface area (Å²) in [5, 5.41) is 18.9. The number of rotatable bonds is 32. The molecule has 6 atom stereocenters. The molecule has 0 bridgehead atoms. The van der Waals surface area contributed by atoms with Gasteiger partial charge in [-0.3, -0.25) is 9.59 Å². The summed E-state index contributed by atoms with van der Waals surface area (Å²) in [4.78, 5) is 95.1. The van der Waals surface area contributed by atoms with Gasteiger partial charge in [-0.25, -0.2) is 89.7 Å². The van der Waals surface area contributed by atoms with Crippen molar-refractivity contribution in [2.75, 3.05) is 41.0 Å². The van der Waals surface area contributed by atoms with Crippen molar-refractivity contribution in [1.29, 1.82) is 0 Å². The Morgan fingerprint density at radius 2 is 0.612 bits per heavy atom. The van der Waals surface area contributed by atoms with E-state index in [0.717, 1.165) is 118 Å². The van der Waals surface area contributed by atoms with Gasteiger partial charge < -0.3 is 81.5 Å². The number of imidazole rings is 6. The van der Waals surface area contributed by atoms with Crippen LogP contribution in [0, 0.1) is 11.8 Å². The van der Waals surface area contributed by atoms with Crippen LogP contribution in [0.5, 0.6) is 0 Å². The smallest absolute Gasteiger partial charge is 0.165 e. The Labute approximate surface area is 712 Å². The number of ether oxygens (including phenoxy) is 2. The second-order valence-corrected chi connectivity index (χ2v) is 27.5. The van der Waals surface area contributed by atoms with Crippen molar-refractivity contribution >= 4 is 113 Å². The van der Waals surface area contributed by atoms with Gasteiger partial charge in [-0.1, -0.05) is 119 Å². The number of hydrogen-bond donors (Lipinski definition) is 8. The highest BCUT2D eigenvalue weighted by Crippen LogP contribution is 2.22. The molecule has 0 aromatic carbocycles. The average Bonchev–Trinajstić information content (AvgIpc) is 1.72. The van der Waals surface area contributed by atoms with Crippen LogP contribution in [-0.4, -0.2) is 170 Å². The molecule has 0 saturated heterocycles. The maximum atomic E-state index is 10.9. The molecule has 0 aliphatic carbocycles. The third-order valence-corrected chi connectivity index (χ3v) is 18.1. The summed E-state index contributed by atoms with van der Waals surface area (Å²) in [6, 6.07) is 0. The second-order valence-electron chi connectivity index (χ2n) is 27.5. The fourth-order valence-corrected chi connectivity index (χ4v) is 9.93. The van der Waals surface area contributed by atoms with Crippen LogP contribution in [0.15, 0.2) is 139 Å². The minimum Gasteiger partial charge on any atom is -0.393 e. The van der Waals surface area contributed by atoms with Crippen molar-refractivity contribution in [2.45, 2.75) is 264 Å². The fourth-order valence-electron chi connectivity index (χ4n) is 9.93. The number of Topliss-reactive ketones (excluding diaryl/α,β-unsaturated/α-hetero) is 2. The first-order valence-corrected chi connectivity index (χ1v) is 41.3. The van der Waals surface area contributed by atoms with Crippen molar-refractivity contribution in [1.82, 2.24) is 117 Å². The highest BCUT2D eigenvalue weighted by atomic mass is 16.7. The molecule has 6 unspecified atom stereocenters. The second kappa shape index (κ2) is 60.5. The third kappa shape index (κ3) is 37.4. The van der Waals surface area contributed by atoms with Gasteiger partial charge in [0.15, 0.2) is 80.9 Å². The molecule has 36 heteroatoms. The summed E-state index contributed by atoms with van der Waals surface area (Å²) in [5.41, 5.74) is 42.4. The number of carbonyl (C=O) groups is 2. The molecule has 0 aliphatic heterocycles. The van der Waals surface area contributed by atoms with E-state index in [1.54, 1.807) is 54.0 Å². The third-order valence-electron chi connectivity index (χ3n) is 18.1. The number of anilines is 6. The lowest BCUT2D eigenvalue weighted by molar-refractivity contribution is -0.159. The van der Waals surface area contributed by atoms with Crippen LogP contribution < -0.4 is 34.4 Å². The maximum Gasteiger partial charge on any atom is 0.165 e. The molecule has 36 nitrogen and oxygen atoms in total. The normalized spacial score (nSPS) is 11.9. The lowest BCUT2D eigenvalue weighted by Crippen LogP contribution is -2.23. The number of nitrogens with zero attached hydrogens (tertiary/aromatic N) is 24. The number of hydrogen-bond acceptors (Lipinski definition) is 30. The van der Waals surface area contributed by atoms with Crippen LogP contribution >= 0.6 is 0 Å². The number of aryl methyl sites for hydroxylation is 6. The Hall–Kier alpha value is -12.0. The van der Waals surface area contributed by atoms with E-state index in [4.69, 9.17) is 43.9 Å². The van der Waals surface area contributed by atoms with Crippen LogP contribution in [0.4, 0.5) is 34.9 Å². The molecule has 12 aromatic rings. The lowest BCUT2D eigenvalue weighted by Gasteiger charge is -2.21. The average molecular weight is 1670 g/mol. The van der Waals surface area contributed by atoms with Crippen LogP contribution in [0.1, 0.15) is 200 Å². The van der Waals surface area contributed by atoms with Gasteiger partial charge in [0.05, 0.1) is 50.2 Å². The van der Waals surface area contributed by atoms with E-state index in [1.807, 2.05) is 69.4 Å². The molecule has 12 aromatic heterocycles. The van der Waals surface area contributed by atoms with Gasteiger partial charge in [0.25, 0.3) is 0 Å². The first-order chi connectivity index (χ1) is 58.2. The minimum atomic E-state index is -0.952. The van der Waals surface area contributed by atoms with Gasteiger partial charge in [-0.2, -0.15) is 0 Å². The summed E-state index contributed by atoms with van der Waals surface area (Å²) < 4.78 is 22.8. The number of fused-ring (bicyclic) bond motifs is 6. The molecule has 12 heterocycles. The largest absolute Gasteiger partial charge is 0.393 e. The molecule has 14 N–H and O–H groups in total. The van der Waals surface area contributed by atoms with Gasteiger partial charge in [-0.05, 0) is 117 Å². The van der Waals surface area contributed by atoms with Crippen molar-refractivity contribution in [3.63, 3.8) is 0 Å². The topological polar surface area (TPSA) is 511 Å². The standard InChI is InChI=1S/C14H23N5O2.2C11H17N5.C10H13N5O2.C10H15N5O.C9H11N5O.5C4H8/c1-4-11(21-10(3)20-5-2)6-7-19-9-18-12-13(15)16-8-17-14(12)19;2*1-3-8(2)4-5-16-7-15-9-10(12)13-6-14-11(9)16;1-6(16)7(17)2-3-15-5-14-8-9(11)12-4-13-10(8)15;1-2-7(16)3-4-15-6-14-8-9(11)12-5-13-10(8)15;1-6(15)2-3-14-5-13-7-8(10)11-4-12-9(7)14;5*1-3-4-2/h8-11H,4-7H2,1-3H3,(H2,15,16,17);2*6-8H,3-5H2,1-2H3,(H2,12,13,14);4-5,7,17H,2-3H2,1H3,(H2,11,12,13);5-7,16H,2-4H2,1H3,(H2,11,12,13);4-5H,2-3H2,1H3,(H2,10,11,12);5*3H,1,4H2,2H3. The number of allylic oxidation sites excluding steroid dienone is 5. The SMILES string of the molecule is C=CCC.C=CCC.C=CCC.C=CCC.C=CCC.CC(=O)C(O)CCn1cnc2c(N)ncnc21.CC(=O)CCn1cnc2c(N)ncnc21.CCC(C)CCn1cnc2c(N)ncnc21.CCC(C)CCn1cnc2c(N)ncnc21.CCC(O)CCn1cnc2c(N)ncnc21.CCOC(C)OC(CC)CCn1cnc2c(N)ncnc21. The number of aromatic nitrogens is 24. The summed E-state index contributed by atoms with van der Waals surface area (Å²) in [6.07, 6.45) is 41.0. The first kappa shape index (κ1) is 105. The molecule has 0 amide bonds. The van der Waals surface area contributed by atoms with E-state index in [1.165, 1.54) is 57.7 Å². The Balaban J connectivity index is 0.000000471. The number of nitrogen functional groups attached to an aromatic ring is 6. The van der Waals surface area contributed by atoms with E-state index in [2.05, 4.69) is 192 Å². The lowest BCUT2D eigenvalue weighted by atomic mass is 10.1. The number of carbonyl (C=O) groups excluding carboxylic acids is 2. The molecular weight excluding hydrogens is 1540 g/mol. The van der Waals surface area contributed by atoms with Gasteiger partial charge >= 0.3 is 0 Å². The van der Waals surface area contributed by atoms with E-state index >= 15 is 0 Å². The zero-order chi connectivity index (χ0) is 90.2. The number of aliphatic hydroxyl groups is 2. The van der Waals surface area contributed by atoms with Crippen LogP contribution in [0.3, 0.4) is 0 Å². The Morgan fingerprint density at radius 3 is 0.835 bits per heavy atom. The number of aliphatic hydroxyl groups excluding tert-OH is 2. The van der Waals surface area contributed by atoms with Crippen molar-refractivity contribution in [3.8, 4) is 0 Å². The molecular formula is C85H136N30O6. The maximum absolute atomic E-state index is 10.9. The fraction of sp³-hybridized carbons (Fsp3) is 0.506. The van der Waals surface area contributed by atoms with E-state index in [0.29, 0.717) is 125 Å². The van der Waals surface area contributed by atoms with Crippen molar-refractivity contribution in [2.24, 2.45) is 11.8 Å². The monoisotopic (exact) mass is 1670 g/mol. The highest BCUT2D eigenvalue weighted by Gasteiger charge is 2.18. The van der Waals surface area contributed by atoms with Gasteiger partial charge in [0.2, 0.25) is 0 Å². The summed E-state index contributed by atoms with van der Waals surface area (Å²) >= 11 is 0. The molecule has 12 rings (SSSR count). The van der Waals surface area contributed by atoms with Gasteiger partial charge in [0, 0.05) is 52.3 Å². The molecule has 0 aliphatic rings. The molecule has 0 spiro atoms. The van der Waals surface area contributed by atoms with E-state index in [9.17, 15) is 19.8 Å². The number of ketones is 2. The minimum absolute atomic E-state index is 0.138. The van der Waals surface area contributed by atoms with E-state index in [-0.39, 0.29) is 30.1 Å². The van der Waals surface area contributed by atoms with Crippen molar-refractivity contribution in [3.05, 3.63) is 139 Å². The number of nitrogens with two attached hydrogens (primary N) is 6.